The molecule has 0 amide bonds. The molecular formula is C9H13BClNO4. The van der Waals surface area contributed by atoms with Crippen LogP contribution in [0.4, 0.5) is 0 Å². The number of benzene rings is 1. The standard InChI is InChI=1S/C9H12BNO4.ClH/c11-8(9(12)13)5-6-2-1-3-7(4-6)10(14)15;/h1-4,8,14-15H,5,11H2,(H,12,13);1H. The average molecular weight is 245 g/mol. The minimum Gasteiger partial charge on any atom is -0.480 e. The third-order valence-electron chi connectivity index (χ3n) is 2.02. The van der Waals surface area contributed by atoms with E-state index >= 15 is 0 Å². The van der Waals surface area contributed by atoms with Crippen LogP contribution >= 0.6 is 12.4 Å². The topological polar surface area (TPSA) is 104 Å². The monoisotopic (exact) mass is 245 g/mol. The first-order valence-electron chi connectivity index (χ1n) is 4.44. The molecule has 5 nitrogen and oxygen atoms in total. The lowest BCUT2D eigenvalue weighted by Crippen LogP contribution is -2.34. The molecule has 0 saturated heterocycles. The number of halogens is 1. The Morgan fingerprint density at radius 2 is 2.06 bits per heavy atom. The van der Waals surface area contributed by atoms with E-state index in [0.29, 0.717) is 11.0 Å². The molecule has 1 atom stereocenters. The number of nitrogens with two attached hydrogens (primary N) is 1. The highest BCUT2D eigenvalue weighted by Gasteiger charge is 2.14. The van der Waals surface area contributed by atoms with Crippen LogP contribution in [0.3, 0.4) is 0 Å². The first-order chi connectivity index (χ1) is 7.00. The van der Waals surface area contributed by atoms with E-state index < -0.39 is 19.1 Å². The zero-order valence-electron chi connectivity index (χ0n) is 8.41. The first kappa shape index (κ1) is 14.9. The predicted octanol–water partition coefficient (Wildman–Crippen LogP) is -1.26. The van der Waals surface area contributed by atoms with Gasteiger partial charge in [-0.15, -0.1) is 12.4 Å². The minimum atomic E-state index is -1.55. The molecule has 0 spiro atoms. The maximum absolute atomic E-state index is 10.5. The van der Waals surface area contributed by atoms with E-state index in [4.69, 9.17) is 20.9 Å². The van der Waals surface area contributed by atoms with Crippen LogP contribution in [0, 0.1) is 0 Å². The highest BCUT2D eigenvalue weighted by atomic mass is 35.5. The van der Waals surface area contributed by atoms with Crippen LogP contribution in [-0.2, 0) is 11.2 Å². The number of carboxylic acids is 1. The van der Waals surface area contributed by atoms with Crippen molar-refractivity contribution in [2.45, 2.75) is 12.5 Å². The molecule has 0 radical (unpaired) electrons. The maximum Gasteiger partial charge on any atom is 0.488 e. The van der Waals surface area contributed by atoms with Gasteiger partial charge in [-0.25, -0.2) is 0 Å². The first-order valence-corrected chi connectivity index (χ1v) is 4.44. The van der Waals surface area contributed by atoms with Crippen molar-refractivity contribution in [1.82, 2.24) is 0 Å². The predicted molar refractivity (Wildman–Crippen MR) is 62.8 cm³/mol. The van der Waals surface area contributed by atoms with Gasteiger partial charge in [0.05, 0.1) is 0 Å². The van der Waals surface area contributed by atoms with Crippen molar-refractivity contribution >= 4 is 31.0 Å². The largest absolute Gasteiger partial charge is 0.488 e. The summed E-state index contributed by atoms with van der Waals surface area (Å²) in [5.74, 6) is -1.08. The normalized spacial score (nSPS) is 11.4. The molecule has 16 heavy (non-hydrogen) atoms. The molecule has 0 aliphatic heterocycles. The van der Waals surface area contributed by atoms with Crippen LogP contribution in [0.25, 0.3) is 0 Å². The molecule has 0 saturated carbocycles. The molecular weight excluding hydrogens is 232 g/mol. The van der Waals surface area contributed by atoms with E-state index in [0.717, 1.165) is 0 Å². The van der Waals surface area contributed by atoms with Gasteiger partial charge < -0.3 is 20.9 Å². The van der Waals surface area contributed by atoms with Crippen LogP contribution in [0.2, 0.25) is 0 Å². The number of aliphatic carboxylic acids is 1. The van der Waals surface area contributed by atoms with Gasteiger partial charge in [-0.1, -0.05) is 24.3 Å². The van der Waals surface area contributed by atoms with Crippen molar-refractivity contribution in [2.24, 2.45) is 5.73 Å². The van der Waals surface area contributed by atoms with Crippen LogP contribution in [0.15, 0.2) is 24.3 Å². The Balaban J connectivity index is 0.00000225. The molecule has 0 heterocycles. The molecule has 88 valence electrons. The van der Waals surface area contributed by atoms with Gasteiger partial charge >= 0.3 is 13.1 Å². The van der Waals surface area contributed by atoms with E-state index in [1.807, 2.05) is 0 Å². The third kappa shape index (κ3) is 4.20. The molecule has 1 rings (SSSR count). The van der Waals surface area contributed by atoms with Crippen LogP contribution < -0.4 is 11.2 Å². The van der Waals surface area contributed by atoms with Crippen LogP contribution in [0.5, 0.6) is 0 Å². The molecule has 5 N–H and O–H groups in total. The Bertz CT molecular complexity index is 361. The summed E-state index contributed by atoms with van der Waals surface area (Å²) in [6, 6.07) is 5.40. The summed E-state index contributed by atoms with van der Waals surface area (Å²) >= 11 is 0. The fourth-order valence-electron chi connectivity index (χ4n) is 1.22. The van der Waals surface area contributed by atoms with Crippen molar-refractivity contribution in [3.05, 3.63) is 29.8 Å². The minimum absolute atomic E-state index is 0. The highest BCUT2D eigenvalue weighted by Crippen LogP contribution is 2.01. The van der Waals surface area contributed by atoms with Gasteiger partial charge in [0.25, 0.3) is 0 Å². The zero-order chi connectivity index (χ0) is 11.4. The molecule has 1 unspecified atom stereocenters. The van der Waals surface area contributed by atoms with Crippen molar-refractivity contribution in [1.29, 1.82) is 0 Å². The van der Waals surface area contributed by atoms with Gasteiger partial charge in [-0.2, -0.15) is 0 Å². The van der Waals surface area contributed by atoms with Gasteiger partial charge in [-0.05, 0) is 17.4 Å². The number of rotatable bonds is 4. The second kappa shape index (κ2) is 6.50. The molecule has 0 aliphatic carbocycles. The number of carboxylic acid groups (broad SMARTS) is 1. The van der Waals surface area contributed by atoms with Gasteiger partial charge in [-0.3, -0.25) is 4.79 Å². The Kier molecular flexibility index (Phi) is 6.06. The maximum atomic E-state index is 10.5. The van der Waals surface area contributed by atoms with Gasteiger partial charge in [0, 0.05) is 0 Å². The summed E-state index contributed by atoms with van der Waals surface area (Å²) in [6.07, 6.45) is 0.163. The van der Waals surface area contributed by atoms with E-state index in [9.17, 15) is 4.79 Å². The number of carbonyl (C=O) groups is 1. The van der Waals surface area contributed by atoms with E-state index in [1.54, 1.807) is 18.2 Å². The second-order valence-corrected chi connectivity index (χ2v) is 3.27. The summed E-state index contributed by atoms with van der Waals surface area (Å²) in [5, 5.41) is 26.4. The lowest BCUT2D eigenvalue weighted by molar-refractivity contribution is -0.138. The van der Waals surface area contributed by atoms with Gasteiger partial charge in [0.1, 0.15) is 6.04 Å². The summed E-state index contributed by atoms with van der Waals surface area (Å²) < 4.78 is 0. The number of hydrogen-bond donors (Lipinski definition) is 4. The number of hydrogen-bond acceptors (Lipinski definition) is 4. The van der Waals surface area contributed by atoms with E-state index in [1.165, 1.54) is 6.07 Å². The fourth-order valence-corrected chi connectivity index (χ4v) is 1.22. The van der Waals surface area contributed by atoms with Crippen LogP contribution in [0.1, 0.15) is 5.56 Å². The van der Waals surface area contributed by atoms with E-state index in [-0.39, 0.29) is 18.8 Å². The average Bonchev–Trinajstić information content (AvgIpc) is 2.18. The summed E-state index contributed by atoms with van der Waals surface area (Å²) in [6.45, 7) is 0. The Morgan fingerprint density at radius 3 is 2.56 bits per heavy atom. The molecule has 0 fully saturated rings. The molecule has 0 aromatic heterocycles. The van der Waals surface area contributed by atoms with Gasteiger partial charge in [0.2, 0.25) is 0 Å². The smallest absolute Gasteiger partial charge is 0.480 e. The Morgan fingerprint density at radius 1 is 1.44 bits per heavy atom. The van der Waals surface area contributed by atoms with Gasteiger partial charge in [0.15, 0.2) is 0 Å². The summed E-state index contributed by atoms with van der Waals surface area (Å²) in [7, 11) is -1.55. The zero-order valence-corrected chi connectivity index (χ0v) is 9.22. The molecule has 0 aliphatic rings. The van der Waals surface area contributed by atoms with E-state index in [2.05, 4.69) is 0 Å². The lowest BCUT2D eigenvalue weighted by atomic mass is 9.79. The second-order valence-electron chi connectivity index (χ2n) is 3.27. The summed E-state index contributed by atoms with van der Waals surface area (Å²) in [4.78, 5) is 10.5. The van der Waals surface area contributed by atoms with Crippen molar-refractivity contribution in [2.75, 3.05) is 0 Å². The quantitative estimate of drug-likeness (QED) is 0.496. The molecule has 1 aromatic rings. The third-order valence-corrected chi connectivity index (χ3v) is 2.02. The Hall–Kier alpha value is -1.08. The fraction of sp³-hybridized carbons (Fsp3) is 0.222. The molecule has 7 heteroatoms. The van der Waals surface area contributed by atoms with Crippen LogP contribution in [-0.4, -0.2) is 34.3 Å². The highest BCUT2D eigenvalue weighted by molar-refractivity contribution is 6.58. The lowest BCUT2D eigenvalue weighted by Gasteiger charge is -2.07. The molecule has 0 bridgehead atoms. The SMILES string of the molecule is Cl.NC(Cc1cccc(B(O)O)c1)C(=O)O. The van der Waals surface area contributed by atoms with Crippen molar-refractivity contribution < 1.29 is 19.9 Å². The van der Waals surface area contributed by atoms with Crippen molar-refractivity contribution in [3.8, 4) is 0 Å². The molecule has 1 aromatic carbocycles. The van der Waals surface area contributed by atoms with Crippen molar-refractivity contribution in [3.63, 3.8) is 0 Å². The Labute approximate surface area is 99.5 Å². The summed E-state index contributed by atoms with van der Waals surface area (Å²) in [5.41, 5.74) is 6.34.